The molecule has 7 heteroatoms. The summed E-state index contributed by atoms with van der Waals surface area (Å²) in [7, 11) is 0. The van der Waals surface area contributed by atoms with Gasteiger partial charge in [0.1, 0.15) is 6.10 Å². The first-order valence-corrected chi connectivity index (χ1v) is 2.98. The van der Waals surface area contributed by atoms with Gasteiger partial charge in [-0.05, 0) is 0 Å². The molecule has 0 aromatic carbocycles. The normalized spacial score (nSPS) is 12.7. The minimum absolute atomic E-state index is 0.599. The van der Waals surface area contributed by atoms with Crippen molar-refractivity contribution in [2.24, 2.45) is 5.73 Å². The molecule has 0 bridgehead atoms. The van der Waals surface area contributed by atoms with E-state index in [0.29, 0.717) is 0 Å². The van der Waals surface area contributed by atoms with E-state index in [9.17, 15) is 18.4 Å². The van der Waals surface area contributed by atoms with Crippen molar-refractivity contribution < 1.29 is 23.5 Å². The van der Waals surface area contributed by atoms with Crippen molar-refractivity contribution >= 4 is 11.8 Å². The molecule has 0 aliphatic heterocycles. The van der Waals surface area contributed by atoms with E-state index in [0.717, 1.165) is 0 Å². The second-order valence-electron chi connectivity index (χ2n) is 1.96. The molecule has 2 amide bonds. The molecular formula is C5H8F2N2O3. The highest BCUT2D eigenvalue weighted by molar-refractivity contribution is 5.82. The molecule has 12 heavy (non-hydrogen) atoms. The van der Waals surface area contributed by atoms with Crippen LogP contribution in [0.2, 0.25) is 0 Å². The van der Waals surface area contributed by atoms with Gasteiger partial charge >= 0.3 is 6.43 Å². The summed E-state index contributed by atoms with van der Waals surface area (Å²) in [6.07, 6.45) is -4.79. The van der Waals surface area contributed by atoms with Gasteiger partial charge in [0.15, 0.2) is 0 Å². The highest BCUT2D eigenvalue weighted by Gasteiger charge is 2.17. The minimum Gasteiger partial charge on any atom is -0.381 e. The van der Waals surface area contributed by atoms with Crippen LogP contribution in [-0.2, 0) is 9.59 Å². The third-order valence-electron chi connectivity index (χ3n) is 0.996. The molecule has 0 saturated heterocycles. The predicted octanol–water partition coefficient (Wildman–Crippen LogP) is -1.79. The van der Waals surface area contributed by atoms with Gasteiger partial charge in [-0.1, -0.05) is 0 Å². The maximum Gasteiger partial charge on any atom is 0.315 e. The lowest BCUT2D eigenvalue weighted by atomic mass is 10.3. The molecule has 0 heterocycles. The third kappa shape index (κ3) is 3.81. The number of nitrogens with two attached hydrogens (primary N) is 1. The number of nitrogens with one attached hydrogen (secondary N) is 1. The van der Waals surface area contributed by atoms with Crippen LogP contribution in [0.4, 0.5) is 8.78 Å². The summed E-state index contributed by atoms with van der Waals surface area (Å²) in [5, 5.41) is 10.2. The van der Waals surface area contributed by atoms with Crippen molar-refractivity contribution in [3.8, 4) is 0 Å². The average Bonchev–Trinajstić information content (AvgIpc) is 1.98. The number of aliphatic hydroxyl groups excluding tert-OH is 1. The standard InChI is InChI=1S/C5H8F2N2O3/c6-3(7)5(12)9-1-2(10)4(8)11/h2-3,10H,1H2,(H2,8,11)(H,9,12). The summed E-state index contributed by atoms with van der Waals surface area (Å²) in [6, 6.07) is 0. The molecule has 4 N–H and O–H groups in total. The number of alkyl halides is 2. The van der Waals surface area contributed by atoms with Gasteiger partial charge in [-0.15, -0.1) is 0 Å². The van der Waals surface area contributed by atoms with E-state index >= 15 is 0 Å². The van der Waals surface area contributed by atoms with Crippen LogP contribution in [0.15, 0.2) is 0 Å². The monoisotopic (exact) mass is 182 g/mol. The molecule has 0 saturated carbocycles. The van der Waals surface area contributed by atoms with Crippen molar-refractivity contribution in [1.29, 1.82) is 0 Å². The maximum atomic E-state index is 11.5. The van der Waals surface area contributed by atoms with E-state index < -0.39 is 30.9 Å². The molecule has 0 spiro atoms. The number of aliphatic hydroxyl groups is 1. The van der Waals surface area contributed by atoms with Gasteiger partial charge in [0.2, 0.25) is 5.91 Å². The fourth-order valence-corrected chi connectivity index (χ4v) is 0.375. The Morgan fingerprint density at radius 1 is 1.50 bits per heavy atom. The number of primary amides is 1. The lowest BCUT2D eigenvalue weighted by molar-refractivity contribution is -0.133. The number of rotatable bonds is 4. The predicted molar refractivity (Wildman–Crippen MR) is 34.2 cm³/mol. The molecule has 1 unspecified atom stereocenters. The quantitative estimate of drug-likeness (QED) is 0.479. The van der Waals surface area contributed by atoms with E-state index in [-0.39, 0.29) is 0 Å². The number of carbonyl (C=O) groups is 2. The van der Waals surface area contributed by atoms with Crippen LogP contribution in [0.25, 0.3) is 0 Å². The van der Waals surface area contributed by atoms with Crippen molar-refractivity contribution in [2.75, 3.05) is 6.54 Å². The van der Waals surface area contributed by atoms with Crippen LogP contribution in [0.5, 0.6) is 0 Å². The van der Waals surface area contributed by atoms with Crippen LogP contribution in [0.3, 0.4) is 0 Å². The second-order valence-corrected chi connectivity index (χ2v) is 1.96. The summed E-state index contributed by atoms with van der Waals surface area (Å²) in [5.74, 6) is -2.63. The van der Waals surface area contributed by atoms with Gasteiger partial charge < -0.3 is 16.2 Å². The second kappa shape index (κ2) is 4.60. The number of amides is 2. The minimum atomic E-state index is -3.16. The van der Waals surface area contributed by atoms with Crippen LogP contribution in [0, 0.1) is 0 Å². The molecule has 0 rings (SSSR count). The zero-order chi connectivity index (χ0) is 9.72. The van der Waals surface area contributed by atoms with Gasteiger partial charge in [0.05, 0.1) is 6.54 Å². The largest absolute Gasteiger partial charge is 0.381 e. The Hall–Kier alpha value is -1.24. The summed E-state index contributed by atoms with van der Waals surface area (Å²) < 4.78 is 22.9. The fourth-order valence-electron chi connectivity index (χ4n) is 0.375. The van der Waals surface area contributed by atoms with Gasteiger partial charge in [-0.25, -0.2) is 0 Å². The topological polar surface area (TPSA) is 92.4 Å². The SMILES string of the molecule is NC(=O)C(O)CNC(=O)C(F)F. The molecule has 0 aliphatic carbocycles. The van der Waals surface area contributed by atoms with Crippen molar-refractivity contribution in [1.82, 2.24) is 5.32 Å². The highest BCUT2D eigenvalue weighted by atomic mass is 19.3. The van der Waals surface area contributed by atoms with Crippen LogP contribution < -0.4 is 11.1 Å². The van der Waals surface area contributed by atoms with E-state index in [1.54, 1.807) is 5.32 Å². The molecular weight excluding hydrogens is 174 g/mol. The third-order valence-corrected chi connectivity index (χ3v) is 0.996. The van der Waals surface area contributed by atoms with Gasteiger partial charge in [-0.3, -0.25) is 9.59 Å². The number of carbonyl (C=O) groups excluding carboxylic acids is 2. The summed E-state index contributed by atoms with van der Waals surface area (Å²) in [6.45, 7) is -0.599. The van der Waals surface area contributed by atoms with Crippen LogP contribution >= 0.6 is 0 Å². The number of hydrogen-bond acceptors (Lipinski definition) is 3. The molecule has 0 fully saturated rings. The van der Waals surface area contributed by atoms with Crippen LogP contribution in [-0.4, -0.2) is 36.0 Å². The molecule has 1 atom stereocenters. The van der Waals surface area contributed by atoms with E-state index in [1.165, 1.54) is 0 Å². The summed E-state index contributed by atoms with van der Waals surface area (Å²) in [5.41, 5.74) is 4.57. The number of halogens is 2. The fraction of sp³-hybridized carbons (Fsp3) is 0.600. The molecule has 5 nitrogen and oxygen atoms in total. The molecule has 70 valence electrons. The zero-order valence-electron chi connectivity index (χ0n) is 5.96. The first kappa shape index (κ1) is 10.8. The van der Waals surface area contributed by atoms with Gasteiger partial charge in [-0.2, -0.15) is 8.78 Å². The molecule has 0 aromatic rings. The Morgan fingerprint density at radius 3 is 2.33 bits per heavy atom. The Kier molecular flexibility index (Phi) is 4.12. The van der Waals surface area contributed by atoms with E-state index in [1.807, 2.05) is 0 Å². The Bertz CT molecular complexity index is 186. The molecule has 0 radical (unpaired) electrons. The number of hydrogen-bond donors (Lipinski definition) is 3. The smallest absolute Gasteiger partial charge is 0.315 e. The Morgan fingerprint density at radius 2 is 2.00 bits per heavy atom. The Labute approximate surface area is 66.5 Å². The Balaban J connectivity index is 3.69. The van der Waals surface area contributed by atoms with Crippen molar-refractivity contribution in [3.05, 3.63) is 0 Å². The highest BCUT2D eigenvalue weighted by Crippen LogP contribution is 1.90. The lowest BCUT2D eigenvalue weighted by Gasteiger charge is -2.07. The average molecular weight is 182 g/mol. The van der Waals surface area contributed by atoms with Gasteiger partial charge in [0, 0.05) is 0 Å². The van der Waals surface area contributed by atoms with Crippen LogP contribution in [0.1, 0.15) is 0 Å². The molecule has 0 aliphatic rings. The first-order chi connectivity index (χ1) is 5.45. The van der Waals surface area contributed by atoms with Gasteiger partial charge in [0.25, 0.3) is 5.91 Å². The van der Waals surface area contributed by atoms with E-state index in [4.69, 9.17) is 5.11 Å². The van der Waals surface area contributed by atoms with Crippen molar-refractivity contribution in [2.45, 2.75) is 12.5 Å². The van der Waals surface area contributed by atoms with Crippen molar-refractivity contribution in [3.63, 3.8) is 0 Å². The summed E-state index contributed by atoms with van der Waals surface area (Å²) in [4.78, 5) is 20.3. The lowest BCUT2D eigenvalue weighted by Crippen LogP contribution is -2.41. The molecule has 0 aromatic heterocycles. The zero-order valence-corrected chi connectivity index (χ0v) is 5.96. The summed E-state index contributed by atoms with van der Waals surface area (Å²) >= 11 is 0. The van der Waals surface area contributed by atoms with E-state index in [2.05, 4.69) is 5.73 Å². The first-order valence-electron chi connectivity index (χ1n) is 2.98. The maximum absolute atomic E-state index is 11.5.